The zero-order valence-electron chi connectivity index (χ0n) is 27.5. The van der Waals surface area contributed by atoms with Crippen molar-refractivity contribution >= 4 is 39.4 Å². The van der Waals surface area contributed by atoms with Crippen LogP contribution < -0.4 is 10.7 Å². The van der Waals surface area contributed by atoms with Crippen LogP contribution in [0.4, 0.5) is 5.69 Å². The first-order valence-electron chi connectivity index (χ1n) is 15.8. The van der Waals surface area contributed by atoms with E-state index in [0.29, 0.717) is 16.6 Å². The summed E-state index contributed by atoms with van der Waals surface area (Å²) in [7, 11) is 5.31. The number of nitrogens with one attached hydrogen (secondary N) is 1. The molecule has 13 nitrogen and oxygen atoms in total. The molecule has 1 N–H and O–H groups in total. The standard InChI is InChI=1S/C37H32N8O5/c1-43(22-24-10-15-31-26(18-24)21-38-44(31)2)17-16-23-8-12-27(13-9-23)45-41-35(40-42-45)28-14-11-25(37(48)49-3)19-30(28)39-36(47)34-20-32(46)29-6-4-5-7-33(29)50-34/h4-15,18-21H,16-17,22H2,1-3H3,(H,39,47). The van der Waals surface area contributed by atoms with Crippen molar-refractivity contribution in [1.29, 1.82) is 0 Å². The highest BCUT2D eigenvalue weighted by atomic mass is 16.5. The summed E-state index contributed by atoms with van der Waals surface area (Å²) in [5.74, 6) is -1.29. The van der Waals surface area contributed by atoms with Gasteiger partial charge in [0.1, 0.15) is 5.58 Å². The number of carbonyl (C=O) groups is 2. The number of carbonyl (C=O) groups excluding carboxylic acids is 2. The van der Waals surface area contributed by atoms with Crippen LogP contribution in [0.5, 0.6) is 0 Å². The van der Waals surface area contributed by atoms with Crippen LogP contribution in [-0.2, 0) is 24.8 Å². The van der Waals surface area contributed by atoms with Crippen LogP contribution >= 0.6 is 0 Å². The van der Waals surface area contributed by atoms with E-state index in [4.69, 9.17) is 9.15 Å². The lowest BCUT2D eigenvalue weighted by molar-refractivity contribution is 0.0600. The number of aryl methyl sites for hydroxylation is 1. The molecule has 50 heavy (non-hydrogen) atoms. The van der Waals surface area contributed by atoms with Crippen molar-refractivity contribution in [2.24, 2.45) is 7.05 Å². The Morgan fingerprint density at radius 3 is 2.58 bits per heavy atom. The maximum absolute atomic E-state index is 13.3. The summed E-state index contributed by atoms with van der Waals surface area (Å²) >= 11 is 0. The number of likely N-dealkylation sites (N-methyl/N-ethyl adjacent to an activating group) is 1. The molecule has 0 atom stereocenters. The lowest BCUT2D eigenvalue weighted by atomic mass is 10.1. The summed E-state index contributed by atoms with van der Waals surface area (Å²) in [6.07, 6.45) is 2.74. The van der Waals surface area contributed by atoms with Gasteiger partial charge in [-0.3, -0.25) is 14.3 Å². The maximum atomic E-state index is 13.3. The molecule has 3 aromatic heterocycles. The van der Waals surface area contributed by atoms with Gasteiger partial charge >= 0.3 is 5.97 Å². The quantitative estimate of drug-likeness (QED) is 0.197. The minimum absolute atomic E-state index is 0.190. The topological polar surface area (TPSA) is 150 Å². The summed E-state index contributed by atoms with van der Waals surface area (Å²) in [5.41, 5.74) is 4.90. The summed E-state index contributed by atoms with van der Waals surface area (Å²) in [6, 6.07) is 26.7. The summed E-state index contributed by atoms with van der Waals surface area (Å²) < 4.78 is 12.5. The van der Waals surface area contributed by atoms with Crippen LogP contribution in [0.3, 0.4) is 0 Å². The number of fused-ring (bicyclic) bond motifs is 2. The van der Waals surface area contributed by atoms with Crippen LogP contribution in [-0.4, -0.2) is 67.5 Å². The van der Waals surface area contributed by atoms with Crippen molar-refractivity contribution in [3.63, 3.8) is 0 Å². The first-order chi connectivity index (χ1) is 24.2. The minimum atomic E-state index is -0.695. The van der Waals surface area contributed by atoms with E-state index in [2.05, 4.69) is 56.0 Å². The van der Waals surface area contributed by atoms with Crippen molar-refractivity contribution in [2.75, 3.05) is 26.0 Å². The van der Waals surface area contributed by atoms with E-state index < -0.39 is 11.9 Å². The number of nitrogens with zero attached hydrogens (tertiary/aromatic N) is 7. The Bertz CT molecular complexity index is 2430. The number of anilines is 1. The smallest absolute Gasteiger partial charge is 0.337 e. The molecule has 0 spiro atoms. The highest BCUT2D eigenvalue weighted by Gasteiger charge is 2.20. The monoisotopic (exact) mass is 668 g/mol. The number of amides is 1. The number of ether oxygens (including phenoxy) is 1. The first kappa shape index (κ1) is 32.1. The Hall–Kier alpha value is -6.47. The molecule has 3 heterocycles. The third kappa shape index (κ3) is 6.62. The fourth-order valence-electron chi connectivity index (χ4n) is 5.74. The number of aromatic nitrogens is 6. The third-order valence-electron chi connectivity index (χ3n) is 8.41. The van der Waals surface area contributed by atoms with Crippen molar-refractivity contribution in [1.82, 2.24) is 34.9 Å². The number of tetrazole rings is 1. The molecule has 0 unspecified atom stereocenters. The Morgan fingerprint density at radius 1 is 0.960 bits per heavy atom. The molecule has 0 fully saturated rings. The van der Waals surface area contributed by atoms with E-state index in [1.165, 1.54) is 29.6 Å². The van der Waals surface area contributed by atoms with Gasteiger partial charge in [-0.15, -0.1) is 15.0 Å². The van der Waals surface area contributed by atoms with E-state index in [1.54, 1.807) is 30.3 Å². The van der Waals surface area contributed by atoms with E-state index in [-0.39, 0.29) is 33.8 Å². The first-order valence-corrected chi connectivity index (χ1v) is 15.8. The fourth-order valence-corrected chi connectivity index (χ4v) is 5.74. The van der Waals surface area contributed by atoms with Gasteiger partial charge in [0, 0.05) is 37.2 Å². The third-order valence-corrected chi connectivity index (χ3v) is 8.41. The molecule has 1 amide bonds. The second kappa shape index (κ2) is 13.6. The van der Waals surface area contributed by atoms with Gasteiger partial charge < -0.3 is 19.4 Å². The molecular formula is C37H32N8O5. The van der Waals surface area contributed by atoms with Crippen LogP contribution in [0, 0.1) is 0 Å². The molecule has 7 aromatic rings. The van der Waals surface area contributed by atoms with Crippen molar-refractivity contribution in [3.05, 3.63) is 130 Å². The van der Waals surface area contributed by atoms with Gasteiger partial charge in [0.25, 0.3) is 5.91 Å². The number of methoxy groups -OCH3 is 1. The zero-order chi connectivity index (χ0) is 34.8. The van der Waals surface area contributed by atoms with E-state index in [0.717, 1.165) is 42.0 Å². The number of benzene rings is 4. The normalized spacial score (nSPS) is 11.4. The summed E-state index contributed by atoms with van der Waals surface area (Å²) in [5, 5.41) is 21.6. The van der Waals surface area contributed by atoms with Gasteiger partial charge in [0.05, 0.1) is 41.1 Å². The van der Waals surface area contributed by atoms with Gasteiger partial charge in [-0.05, 0) is 84.4 Å². The summed E-state index contributed by atoms with van der Waals surface area (Å²) in [4.78, 5) is 41.9. The number of para-hydroxylation sites is 1. The molecule has 0 aliphatic heterocycles. The zero-order valence-corrected chi connectivity index (χ0v) is 27.5. The maximum Gasteiger partial charge on any atom is 0.337 e. The molecule has 13 heteroatoms. The van der Waals surface area contributed by atoms with Crippen LogP contribution in [0.1, 0.15) is 32.0 Å². The second-order valence-corrected chi connectivity index (χ2v) is 11.9. The van der Waals surface area contributed by atoms with Crippen LogP contribution in [0.2, 0.25) is 0 Å². The molecule has 250 valence electrons. The largest absolute Gasteiger partial charge is 0.465 e. The average molecular weight is 669 g/mol. The summed E-state index contributed by atoms with van der Waals surface area (Å²) in [6.45, 7) is 1.70. The predicted molar refractivity (Wildman–Crippen MR) is 187 cm³/mol. The number of rotatable bonds is 10. The Balaban J connectivity index is 1.06. The number of hydrogen-bond donors (Lipinski definition) is 1. The highest BCUT2D eigenvalue weighted by Crippen LogP contribution is 2.28. The van der Waals surface area contributed by atoms with Gasteiger partial charge in [-0.2, -0.15) is 5.10 Å². The molecule has 0 aliphatic rings. The molecule has 4 aromatic carbocycles. The Labute approximate surface area is 285 Å². The van der Waals surface area contributed by atoms with Crippen LogP contribution in [0.15, 0.2) is 106 Å². The molecule has 7 rings (SSSR count). The van der Waals surface area contributed by atoms with Crippen molar-refractivity contribution in [3.8, 4) is 17.1 Å². The predicted octanol–water partition coefficient (Wildman–Crippen LogP) is 5.04. The van der Waals surface area contributed by atoms with E-state index >= 15 is 0 Å². The molecule has 0 aliphatic carbocycles. The molecule has 0 bridgehead atoms. The highest BCUT2D eigenvalue weighted by molar-refractivity contribution is 6.06. The van der Waals surface area contributed by atoms with Crippen molar-refractivity contribution < 1.29 is 18.7 Å². The van der Waals surface area contributed by atoms with Gasteiger partial charge in [-0.1, -0.05) is 30.3 Å². The SMILES string of the molecule is COC(=O)c1ccc(-c2nnn(-c3ccc(CCN(C)Cc4ccc5c(cnn5C)c4)cc3)n2)c(NC(=O)c2cc(=O)c3ccccc3o2)c1. The van der Waals surface area contributed by atoms with E-state index in [9.17, 15) is 14.4 Å². The van der Waals surface area contributed by atoms with Gasteiger partial charge in [0.2, 0.25) is 5.82 Å². The fraction of sp³-hybridized carbons (Fsp3) is 0.162. The molecular weight excluding hydrogens is 636 g/mol. The molecule has 0 radical (unpaired) electrons. The minimum Gasteiger partial charge on any atom is -0.465 e. The second-order valence-electron chi connectivity index (χ2n) is 11.9. The Morgan fingerprint density at radius 2 is 1.76 bits per heavy atom. The lowest BCUT2D eigenvalue weighted by Gasteiger charge is -2.17. The van der Waals surface area contributed by atoms with Gasteiger partial charge in [-0.25, -0.2) is 4.79 Å². The van der Waals surface area contributed by atoms with Gasteiger partial charge in [0.15, 0.2) is 11.2 Å². The molecule has 0 saturated heterocycles. The van der Waals surface area contributed by atoms with Crippen LogP contribution in [0.25, 0.3) is 38.9 Å². The molecule has 0 saturated carbocycles. The number of hydrogen-bond acceptors (Lipinski definition) is 10. The lowest BCUT2D eigenvalue weighted by Crippen LogP contribution is -2.20. The average Bonchev–Trinajstić information content (AvgIpc) is 3.77. The van der Waals surface area contributed by atoms with Crippen molar-refractivity contribution in [2.45, 2.75) is 13.0 Å². The Kier molecular flexibility index (Phi) is 8.71. The number of esters is 1. The van der Waals surface area contributed by atoms with E-state index in [1.807, 2.05) is 42.2 Å².